The molecule has 0 atom stereocenters. The van der Waals surface area contributed by atoms with Gasteiger partial charge in [-0.2, -0.15) is 0 Å². The van der Waals surface area contributed by atoms with Crippen LogP contribution in [-0.2, 0) is 0 Å². The number of ether oxygens (including phenoxy) is 1. The van der Waals surface area contributed by atoms with Gasteiger partial charge < -0.3 is 15.2 Å². The van der Waals surface area contributed by atoms with Crippen LogP contribution < -0.4 is 10.1 Å². The summed E-state index contributed by atoms with van der Waals surface area (Å²) in [5.74, 6) is 0.404. The summed E-state index contributed by atoms with van der Waals surface area (Å²) in [6, 6.07) is 4.89. The second-order valence-electron chi connectivity index (χ2n) is 8.35. The average Bonchev–Trinajstić information content (AvgIpc) is 3.36. The fourth-order valence-corrected chi connectivity index (χ4v) is 4.03. The van der Waals surface area contributed by atoms with Crippen LogP contribution >= 0.6 is 0 Å². The predicted octanol–water partition coefficient (Wildman–Crippen LogP) is 3.89. The zero-order chi connectivity index (χ0) is 21.1. The Balaban J connectivity index is 1.53. The second kappa shape index (κ2) is 6.56. The summed E-state index contributed by atoms with van der Waals surface area (Å²) in [4.78, 5) is 4.12. The van der Waals surface area contributed by atoms with Gasteiger partial charge in [-0.3, -0.25) is 4.40 Å². The fourth-order valence-electron chi connectivity index (χ4n) is 4.03. The Hall–Kier alpha value is -2.88. The number of nitrogens with one attached hydrogen (secondary N) is 1. The van der Waals surface area contributed by atoms with Gasteiger partial charge in [0.2, 0.25) is 5.95 Å². The second-order valence-corrected chi connectivity index (χ2v) is 8.35. The number of alkyl halides is 3. The van der Waals surface area contributed by atoms with Crippen molar-refractivity contribution in [2.24, 2.45) is 0 Å². The summed E-state index contributed by atoms with van der Waals surface area (Å²) in [6.45, 7) is 1.76. The molecule has 2 aliphatic carbocycles. The van der Waals surface area contributed by atoms with Crippen LogP contribution in [0.1, 0.15) is 44.1 Å². The number of anilines is 1. The van der Waals surface area contributed by atoms with Crippen LogP contribution in [0, 0.1) is 0 Å². The summed E-state index contributed by atoms with van der Waals surface area (Å²) in [5.41, 5.74) is 1.08. The summed E-state index contributed by atoms with van der Waals surface area (Å²) in [6.07, 6.45) is 1.30. The van der Waals surface area contributed by atoms with Gasteiger partial charge in [0.15, 0.2) is 0 Å². The average molecular weight is 419 g/mol. The Morgan fingerprint density at radius 3 is 2.67 bits per heavy atom. The maximum atomic E-state index is 13.0. The highest BCUT2D eigenvalue weighted by Gasteiger charge is 2.39. The molecule has 0 unspecified atom stereocenters. The van der Waals surface area contributed by atoms with Gasteiger partial charge in [0.05, 0.1) is 17.3 Å². The molecule has 1 aromatic carbocycles. The van der Waals surface area contributed by atoms with Crippen LogP contribution in [0.3, 0.4) is 0 Å². The third-order valence-corrected chi connectivity index (χ3v) is 5.59. The summed E-state index contributed by atoms with van der Waals surface area (Å²) < 4.78 is 45.1. The van der Waals surface area contributed by atoms with Crippen molar-refractivity contribution in [1.29, 1.82) is 0 Å². The first-order valence-corrected chi connectivity index (χ1v) is 9.76. The highest BCUT2D eigenvalue weighted by Crippen LogP contribution is 2.44. The Kier molecular flexibility index (Phi) is 4.18. The van der Waals surface area contributed by atoms with Gasteiger partial charge in [-0.1, -0.05) is 6.07 Å². The van der Waals surface area contributed by atoms with E-state index in [1.807, 2.05) is 6.07 Å². The standard InChI is InChI=1S/C20H20F3N5O2/c1-19(29)7-13(8-19)25-18-27-26-17(15-9-24-10-28(15)18)14-5-4-12(11-2-3-11)6-16(14)30-20(21,22)23/h4-6,9-11,13,29H,2-3,7-8H2,1H3,(H,25,27). The van der Waals surface area contributed by atoms with E-state index in [1.54, 1.807) is 17.4 Å². The minimum absolute atomic E-state index is 0.0349. The summed E-state index contributed by atoms with van der Waals surface area (Å²) in [7, 11) is 0. The lowest BCUT2D eigenvalue weighted by Crippen LogP contribution is -2.48. The van der Waals surface area contributed by atoms with Gasteiger partial charge in [-0.25, -0.2) is 4.98 Å². The maximum Gasteiger partial charge on any atom is 0.573 e. The lowest BCUT2D eigenvalue weighted by atomic mass is 9.77. The molecular formula is C20H20F3N5O2. The van der Waals surface area contributed by atoms with Crippen molar-refractivity contribution in [2.75, 3.05) is 5.32 Å². The van der Waals surface area contributed by atoms with E-state index in [0.29, 0.717) is 24.3 Å². The number of aliphatic hydroxyl groups is 1. The quantitative estimate of drug-likeness (QED) is 0.653. The van der Waals surface area contributed by atoms with Crippen LogP contribution in [-0.4, -0.2) is 42.7 Å². The summed E-state index contributed by atoms with van der Waals surface area (Å²) in [5, 5.41) is 21.5. The van der Waals surface area contributed by atoms with Gasteiger partial charge in [0.25, 0.3) is 0 Å². The molecule has 0 bridgehead atoms. The highest BCUT2D eigenvalue weighted by molar-refractivity contribution is 5.81. The maximum absolute atomic E-state index is 13.0. The van der Waals surface area contributed by atoms with E-state index >= 15 is 0 Å². The molecule has 3 aromatic rings. The molecule has 0 radical (unpaired) electrons. The van der Waals surface area contributed by atoms with Gasteiger partial charge in [0, 0.05) is 11.6 Å². The molecule has 2 heterocycles. The Labute approximate surface area is 169 Å². The number of nitrogens with zero attached hydrogens (tertiary/aromatic N) is 4. The minimum Gasteiger partial charge on any atom is -0.405 e. The normalized spacial score (nSPS) is 24.0. The van der Waals surface area contributed by atoms with Crippen molar-refractivity contribution in [2.45, 2.75) is 56.5 Å². The predicted molar refractivity (Wildman–Crippen MR) is 102 cm³/mol. The molecule has 0 amide bonds. The molecule has 30 heavy (non-hydrogen) atoms. The first-order valence-electron chi connectivity index (χ1n) is 9.76. The van der Waals surface area contributed by atoms with Crippen molar-refractivity contribution < 1.29 is 23.0 Å². The molecule has 5 rings (SSSR count). The molecule has 2 aromatic heterocycles. The van der Waals surface area contributed by atoms with E-state index in [1.165, 1.54) is 18.6 Å². The lowest BCUT2D eigenvalue weighted by molar-refractivity contribution is -0.274. The minimum atomic E-state index is -4.82. The number of halogens is 3. The molecule has 0 aliphatic heterocycles. The van der Waals surface area contributed by atoms with E-state index in [2.05, 4.69) is 25.2 Å². The molecule has 7 nitrogen and oxygen atoms in total. The van der Waals surface area contributed by atoms with Crippen LogP contribution in [0.2, 0.25) is 0 Å². The third-order valence-electron chi connectivity index (χ3n) is 5.59. The SMILES string of the molecule is CC1(O)CC(Nc2nnc(-c3ccc(C4CC4)cc3OC(F)(F)F)c3cncn23)C1. The number of fused-ring (bicyclic) bond motifs is 1. The van der Waals surface area contributed by atoms with E-state index in [9.17, 15) is 18.3 Å². The number of imidazole rings is 1. The lowest BCUT2D eigenvalue weighted by Gasteiger charge is -2.41. The van der Waals surface area contributed by atoms with Crippen LogP contribution in [0.15, 0.2) is 30.7 Å². The Morgan fingerprint density at radius 2 is 2.00 bits per heavy atom. The zero-order valence-electron chi connectivity index (χ0n) is 16.1. The van der Waals surface area contributed by atoms with E-state index in [-0.39, 0.29) is 29.0 Å². The monoisotopic (exact) mass is 419 g/mol. The summed E-state index contributed by atoms with van der Waals surface area (Å²) >= 11 is 0. The molecule has 2 N–H and O–H groups in total. The first kappa shape index (κ1) is 19.1. The topological polar surface area (TPSA) is 84.6 Å². The molecule has 10 heteroatoms. The number of hydrogen-bond acceptors (Lipinski definition) is 6. The van der Waals surface area contributed by atoms with Crippen LogP contribution in [0.5, 0.6) is 5.75 Å². The zero-order valence-corrected chi connectivity index (χ0v) is 16.1. The largest absolute Gasteiger partial charge is 0.573 e. The van der Waals surface area contributed by atoms with Crippen LogP contribution in [0.4, 0.5) is 19.1 Å². The Bertz CT molecular complexity index is 1100. The molecule has 2 fully saturated rings. The van der Waals surface area contributed by atoms with Crippen molar-refractivity contribution in [3.05, 3.63) is 36.3 Å². The number of benzene rings is 1. The highest BCUT2D eigenvalue weighted by atomic mass is 19.4. The molecule has 2 saturated carbocycles. The number of aromatic nitrogens is 4. The molecule has 0 spiro atoms. The van der Waals surface area contributed by atoms with E-state index in [4.69, 9.17) is 0 Å². The first-order chi connectivity index (χ1) is 14.2. The van der Waals surface area contributed by atoms with Crippen molar-refractivity contribution >= 4 is 11.5 Å². The van der Waals surface area contributed by atoms with Crippen molar-refractivity contribution in [3.8, 4) is 17.0 Å². The molecule has 2 aliphatic rings. The smallest absolute Gasteiger partial charge is 0.405 e. The van der Waals surface area contributed by atoms with E-state index in [0.717, 1.165) is 18.4 Å². The number of hydrogen-bond donors (Lipinski definition) is 2. The van der Waals surface area contributed by atoms with Gasteiger partial charge >= 0.3 is 6.36 Å². The van der Waals surface area contributed by atoms with Gasteiger partial charge in [0.1, 0.15) is 17.8 Å². The molecule has 158 valence electrons. The number of rotatable bonds is 5. The van der Waals surface area contributed by atoms with Crippen molar-refractivity contribution in [1.82, 2.24) is 19.6 Å². The molecular weight excluding hydrogens is 399 g/mol. The van der Waals surface area contributed by atoms with Crippen molar-refractivity contribution in [3.63, 3.8) is 0 Å². The van der Waals surface area contributed by atoms with Crippen LogP contribution in [0.25, 0.3) is 16.8 Å². The third kappa shape index (κ3) is 3.67. The molecule has 0 saturated heterocycles. The van der Waals surface area contributed by atoms with Gasteiger partial charge in [-0.05, 0) is 56.2 Å². The van der Waals surface area contributed by atoms with Gasteiger partial charge in [-0.15, -0.1) is 23.4 Å². The van der Waals surface area contributed by atoms with E-state index < -0.39 is 12.0 Å². The fraction of sp³-hybridized carbons (Fsp3) is 0.450. The Morgan fingerprint density at radius 1 is 1.23 bits per heavy atom.